The monoisotopic (exact) mass is 271 g/mol. The summed E-state index contributed by atoms with van der Waals surface area (Å²) in [6.45, 7) is 3.45. The minimum atomic E-state index is 0.559. The van der Waals surface area contributed by atoms with Crippen molar-refractivity contribution in [2.75, 3.05) is 14.2 Å². The molecule has 0 aliphatic rings. The average Bonchev–Trinajstić information content (AvgIpc) is 2.47. The molecule has 3 nitrogen and oxygen atoms in total. The van der Waals surface area contributed by atoms with Crippen molar-refractivity contribution in [1.29, 1.82) is 0 Å². The Morgan fingerprint density at radius 3 is 2.45 bits per heavy atom. The third-order valence-corrected chi connectivity index (χ3v) is 3.14. The molecule has 0 atom stereocenters. The highest BCUT2D eigenvalue weighted by molar-refractivity contribution is 5.37. The van der Waals surface area contributed by atoms with Crippen molar-refractivity contribution in [2.45, 2.75) is 20.1 Å². The largest absolute Gasteiger partial charge is 0.497 e. The van der Waals surface area contributed by atoms with Crippen LogP contribution < -0.4 is 14.8 Å². The molecule has 0 aliphatic heterocycles. The lowest BCUT2D eigenvalue weighted by Crippen LogP contribution is -2.08. The first-order chi connectivity index (χ1) is 9.72. The number of hydrogen-bond acceptors (Lipinski definition) is 3. The standard InChI is InChI=1S/C17H21NO2/c1-13-4-9-17(15(10-13)11-18-2)20-12-14-5-7-16(19-3)8-6-14/h4-10,18H,11-12H2,1-3H3. The van der Waals surface area contributed by atoms with Gasteiger partial charge in [0.2, 0.25) is 0 Å². The van der Waals surface area contributed by atoms with Gasteiger partial charge in [0.1, 0.15) is 18.1 Å². The number of hydrogen-bond donors (Lipinski definition) is 1. The topological polar surface area (TPSA) is 30.5 Å². The van der Waals surface area contributed by atoms with Crippen LogP contribution in [0.5, 0.6) is 11.5 Å². The van der Waals surface area contributed by atoms with Crippen molar-refractivity contribution < 1.29 is 9.47 Å². The van der Waals surface area contributed by atoms with Crippen LogP contribution in [0.3, 0.4) is 0 Å². The molecule has 0 spiro atoms. The lowest BCUT2D eigenvalue weighted by Gasteiger charge is -2.12. The molecular weight excluding hydrogens is 250 g/mol. The fourth-order valence-corrected chi connectivity index (χ4v) is 2.06. The molecule has 0 amide bonds. The van der Waals surface area contributed by atoms with Crippen LogP contribution in [0.25, 0.3) is 0 Å². The van der Waals surface area contributed by atoms with Crippen LogP contribution in [0.1, 0.15) is 16.7 Å². The van der Waals surface area contributed by atoms with Crippen LogP contribution in [0, 0.1) is 6.92 Å². The Bertz CT molecular complexity index is 549. The molecule has 106 valence electrons. The smallest absolute Gasteiger partial charge is 0.124 e. The lowest BCUT2D eigenvalue weighted by molar-refractivity contribution is 0.302. The zero-order valence-electron chi connectivity index (χ0n) is 12.3. The number of ether oxygens (including phenoxy) is 2. The van der Waals surface area contributed by atoms with E-state index in [9.17, 15) is 0 Å². The van der Waals surface area contributed by atoms with Crippen molar-refractivity contribution in [3.8, 4) is 11.5 Å². The minimum absolute atomic E-state index is 0.559. The zero-order valence-corrected chi connectivity index (χ0v) is 12.3. The van der Waals surface area contributed by atoms with Crippen molar-refractivity contribution >= 4 is 0 Å². The summed E-state index contributed by atoms with van der Waals surface area (Å²) >= 11 is 0. The Balaban J connectivity index is 2.05. The normalized spacial score (nSPS) is 10.3. The van der Waals surface area contributed by atoms with Gasteiger partial charge < -0.3 is 14.8 Å². The van der Waals surface area contributed by atoms with Crippen LogP contribution in [-0.4, -0.2) is 14.2 Å². The molecule has 0 fully saturated rings. The molecule has 0 radical (unpaired) electrons. The van der Waals surface area contributed by atoms with Gasteiger partial charge in [0, 0.05) is 12.1 Å². The van der Waals surface area contributed by atoms with Gasteiger partial charge in [-0.3, -0.25) is 0 Å². The molecule has 0 saturated heterocycles. The lowest BCUT2D eigenvalue weighted by atomic mass is 10.1. The molecule has 2 aromatic carbocycles. The summed E-state index contributed by atoms with van der Waals surface area (Å²) in [7, 11) is 3.61. The molecule has 2 rings (SSSR count). The van der Waals surface area contributed by atoms with E-state index in [4.69, 9.17) is 9.47 Å². The Kier molecular flexibility index (Phi) is 5.02. The van der Waals surface area contributed by atoms with Crippen LogP contribution in [0.4, 0.5) is 0 Å². The van der Waals surface area contributed by atoms with Gasteiger partial charge in [-0.1, -0.05) is 29.8 Å². The molecule has 2 aromatic rings. The first kappa shape index (κ1) is 14.4. The highest BCUT2D eigenvalue weighted by Gasteiger charge is 2.04. The molecule has 0 saturated carbocycles. The predicted molar refractivity (Wildman–Crippen MR) is 81.3 cm³/mol. The minimum Gasteiger partial charge on any atom is -0.497 e. The summed E-state index contributed by atoms with van der Waals surface area (Å²) in [4.78, 5) is 0. The molecule has 1 N–H and O–H groups in total. The van der Waals surface area contributed by atoms with Crippen molar-refractivity contribution in [1.82, 2.24) is 5.32 Å². The zero-order chi connectivity index (χ0) is 14.4. The van der Waals surface area contributed by atoms with Gasteiger partial charge in [0.25, 0.3) is 0 Å². The van der Waals surface area contributed by atoms with E-state index in [2.05, 4.69) is 24.4 Å². The quantitative estimate of drug-likeness (QED) is 0.874. The van der Waals surface area contributed by atoms with Gasteiger partial charge in [0.05, 0.1) is 7.11 Å². The van der Waals surface area contributed by atoms with Crippen LogP contribution in [-0.2, 0) is 13.2 Å². The van der Waals surface area contributed by atoms with Gasteiger partial charge in [-0.05, 0) is 37.7 Å². The summed E-state index contributed by atoms with van der Waals surface area (Å²) < 4.78 is 11.1. The van der Waals surface area contributed by atoms with Crippen LogP contribution in [0.15, 0.2) is 42.5 Å². The molecule has 0 bridgehead atoms. The molecular formula is C17H21NO2. The van der Waals surface area contributed by atoms with E-state index in [1.807, 2.05) is 37.4 Å². The summed E-state index contributed by atoms with van der Waals surface area (Å²) in [5.74, 6) is 1.79. The maximum absolute atomic E-state index is 5.92. The Labute approximate surface area is 120 Å². The summed E-state index contributed by atoms with van der Waals surface area (Å²) in [6.07, 6.45) is 0. The number of nitrogens with one attached hydrogen (secondary N) is 1. The van der Waals surface area contributed by atoms with Gasteiger partial charge in [-0.25, -0.2) is 0 Å². The summed E-state index contributed by atoms with van der Waals surface area (Å²) in [5.41, 5.74) is 3.55. The van der Waals surface area contributed by atoms with E-state index in [0.29, 0.717) is 6.61 Å². The van der Waals surface area contributed by atoms with E-state index in [0.717, 1.165) is 23.6 Å². The van der Waals surface area contributed by atoms with E-state index >= 15 is 0 Å². The number of methoxy groups -OCH3 is 1. The molecule has 0 heterocycles. The number of rotatable bonds is 6. The van der Waals surface area contributed by atoms with Gasteiger partial charge in [-0.15, -0.1) is 0 Å². The first-order valence-corrected chi connectivity index (χ1v) is 6.73. The summed E-state index contributed by atoms with van der Waals surface area (Å²) in [6, 6.07) is 14.2. The Morgan fingerprint density at radius 1 is 1.05 bits per heavy atom. The number of aryl methyl sites for hydroxylation is 1. The Hall–Kier alpha value is -2.00. The first-order valence-electron chi connectivity index (χ1n) is 6.73. The maximum Gasteiger partial charge on any atom is 0.124 e. The van der Waals surface area contributed by atoms with E-state index in [-0.39, 0.29) is 0 Å². The van der Waals surface area contributed by atoms with Gasteiger partial charge >= 0.3 is 0 Å². The van der Waals surface area contributed by atoms with Crippen molar-refractivity contribution in [2.24, 2.45) is 0 Å². The highest BCUT2D eigenvalue weighted by atomic mass is 16.5. The molecule has 0 aliphatic carbocycles. The van der Waals surface area contributed by atoms with Gasteiger partial charge in [-0.2, -0.15) is 0 Å². The predicted octanol–water partition coefficient (Wildman–Crippen LogP) is 3.30. The van der Waals surface area contributed by atoms with Crippen LogP contribution >= 0.6 is 0 Å². The molecule has 20 heavy (non-hydrogen) atoms. The number of benzene rings is 2. The van der Waals surface area contributed by atoms with E-state index < -0.39 is 0 Å². The second kappa shape index (κ2) is 6.96. The van der Waals surface area contributed by atoms with Gasteiger partial charge in [0.15, 0.2) is 0 Å². The third-order valence-electron chi connectivity index (χ3n) is 3.14. The fourth-order valence-electron chi connectivity index (χ4n) is 2.06. The van der Waals surface area contributed by atoms with Crippen molar-refractivity contribution in [3.05, 3.63) is 59.2 Å². The second-order valence-electron chi connectivity index (χ2n) is 4.78. The fraction of sp³-hybridized carbons (Fsp3) is 0.294. The maximum atomic E-state index is 5.92. The van der Waals surface area contributed by atoms with Crippen molar-refractivity contribution in [3.63, 3.8) is 0 Å². The van der Waals surface area contributed by atoms with E-state index in [1.165, 1.54) is 11.1 Å². The SMILES string of the molecule is CNCc1cc(C)ccc1OCc1ccc(OC)cc1. The third kappa shape index (κ3) is 3.75. The highest BCUT2D eigenvalue weighted by Crippen LogP contribution is 2.21. The summed E-state index contributed by atoms with van der Waals surface area (Å²) in [5, 5.41) is 3.17. The molecule has 0 unspecified atom stereocenters. The molecule has 3 heteroatoms. The van der Waals surface area contributed by atoms with E-state index in [1.54, 1.807) is 7.11 Å². The second-order valence-corrected chi connectivity index (χ2v) is 4.78. The molecule has 0 aromatic heterocycles. The van der Waals surface area contributed by atoms with Crippen LogP contribution in [0.2, 0.25) is 0 Å². The Morgan fingerprint density at radius 2 is 1.80 bits per heavy atom. The average molecular weight is 271 g/mol.